The molecule has 2 heterocycles. The van der Waals surface area contributed by atoms with Gasteiger partial charge in [-0.1, -0.05) is 24.3 Å². The third-order valence-electron chi connectivity index (χ3n) is 6.11. The Labute approximate surface area is 215 Å². The molecule has 202 valence electrons. The Bertz CT molecular complexity index is 1580. The number of halogens is 4. The summed E-state index contributed by atoms with van der Waals surface area (Å²) >= 11 is 0. The molecule has 9 nitrogen and oxygen atoms in total. The summed E-state index contributed by atoms with van der Waals surface area (Å²) in [6.07, 6.45) is -3.23. The second kappa shape index (κ2) is 10.1. The maximum atomic E-state index is 13.5. The number of benzene rings is 2. The van der Waals surface area contributed by atoms with Crippen LogP contribution >= 0.6 is 0 Å². The fourth-order valence-electron chi connectivity index (χ4n) is 3.97. The molecular weight excluding hydrogens is 528 g/mol. The van der Waals surface area contributed by atoms with Gasteiger partial charge < -0.3 is 5.32 Å². The molecule has 14 heteroatoms. The highest BCUT2D eigenvalue weighted by molar-refractivity contribution is 7.91. The molecule has 0 saturated carbocycles. The summed E-state index contributed by atoms with van der Waals surface area (Å²) in [5, 5.41) is 11.0. The van der Waals surface area contributed by atoms with Crippen LogP contribution in [0.3, 0.4) is 0 Å². The molecule has 4 aromatic rings. The summed E-state index contributed by atoms with van der Waals surface area (Å²) in [5.74, 6) is -2.34. The zero-order chi connectivity index (χ0) is 27.8. The molecule has 0 bridgehead atoms. The molecule has 2 aromatic carbocycles. The number of aryl methyl sites for hydroxylation is 1. The predicted molar refractivity (Wildman–Crippen MR) is 131 cm³/mol. The number of sulfonamides is 1. The molecule has 0 radical (unpaired) electrons. The van der Waals surface area contributed by atoms with E-state index in [2.05, 4.69) is 15.5 Å². The third kappa shape index (κ3) is 5.49. The number of rotatable bonds is 8. The van der Waals surface area contributed by atoms with Crippen molar-refractivity contribution >= 4 is 26.8 Å². The van der Waals surface area contributed by atoms with E-state index < -0.39 is 51.8 Å². The number of nitrogens with one attached hydrogen (secondary N) is 1. The fourth-order valence-corrected chi connectivity index (χ4v) is 5.14. The van der Waals surface area contributed by atoms with Gasteiger partial charge in [-0.15, -0.1) is 5.10 Å². The van der Waals surface area contributed by atoms with Gasteiger partial charge in [0.25, 0.3) is 10.0 Å². The number of alkyl halides is 3. The van der Waals surface area contributed by atoms with Crippen molar-refractivity contribution in [2.24, 2.45) is 7.05 Å². The van der Waals surface area contributed by atoms with E-state index >= 15 is 0 Å². The van der Waals surface area contributed by atoms with Crippen molar-refractivity contribution in [2.45, 2.75) is 31.3 Å². The molecule has 1 amide bonds. The summed E-state index contributed by atoms with van der Waals surface area (Å²) in [7, 11) is -1.43. The second-order valence-electron chi connectivity index (χ2n) is 8.71. The first-order chi connectivity index (χ1) is 17.8. The van der Waals surface area contributed by atoms with Crippen molar-refractivity contribution in [2.75, 3.05) is 11.5 Å². The van der Waals surface area contributed by atoms with Crippen molar-refractivity contribution in [1.82, 2.24) is 25.0 Å². The van der Waals surface area contributed by atoms with Gasteiger partial charge in [0.15, 0.2) is 5.69 Å². The number of fused-ring (bicyclic) bond motifs is 1. The van der Waals surface area contributed by atoms with E-state index in [1.54, 1.807) is 37.0 Å². The molecule has 0 aliphatic rings. The molecule has 1 N–H and O–H groups in total. The quantitative estimate of drug-likeness (QED) is 0.338. The van der Waals surface area contributed by atoms with E-state index in [0.717, 1.165) is 30.1 Å². The van der Waals surface area contributed by atoms with E-state index in [1.165, 1.54) is 12.1 Å². The van der Waals surface area contributed by atoms with E-state index in [4.69, 9.17) is 0 Å². The van der Waals surface area contributed by atoms with E-state index in [1.807, 2.05) is 6.07 Å². The van der Waals surface area contributed by atoms with Gasteiger partial charge in [-0.3, -0.25) is 9.48 Å². The third-order valence-corrected chi connectivity index (χ3v) is 7.77. The summed E-state index contributed by atoms with van der Waals surface area (Å²) < 4.78 is 81.7. The Hall–Kier alpha value is -3.94. The van der Waals surface area contributed by atoms with Crippen molar-refractivity contribution in [3.05, 3.63) is 83.1 Å². The lowest BCUT2D eigenvalue weighted by Gasteiger charge is -2.22. The van der Waals surface area contributed by atoms with Crippen LogP contribution in [0.25, 0.3) is 10.9 Å². The normalized spacial score (nSPS) is 13.0. The Kier molecular flexibility index (Phi) is 7.19. The van der Waals surface area contributed by atoms with Crippen LogP contribution in [0.5, 0.6) is 0 Å². The van der Waals surface area contributed by atoms with Crippen molar-refractivity contribution in [3.8, 4) is 0 Å². The molecule has 0 saturated heterocycles. The first kappa shape index (κ1) is 27.1. The van der Waals surface area contributed by atoms with Crippen molar-refractivity contribution in [3.63, 3.8) is 0 Å². The molecule has 0 aliphatic heterocycles. The van der Waals surface area contributed by atoms with Crippen LogP contribution in [0.4, 0.5) is 17.6 Å². The minimum atomic E-state index is -4.85. The molecular formula is C24H24F4N6O3S. The molecule has 4 rings (SSSR count). The summed E-state index contributed by atoms with van der Waals surface area (Å²) in [4.78, 5) is 13.6. The van der Waals surface area contributed by atoms with Gasteiger partial charge in [-0.05, 0) is 42.3 Å². The van der Waals surface area contributed by atoms with Crippen LogP contribution < -0.4 is 9.73 Å². The van der Waals surface area contributed by atoms with E-state index in [9.17, 15) is 30.8 Å². The summed E-state index contributed by atoms with van der Waals surface area (Å²) in [6, 6.07) is 10.7. The smallest absolute Gasteiger partial charge is 0.350 e. The van der Waals surface area contributed by atoms with Gasteiger partial charge in [-0.2, -0.15) is 27.5 Å². The van der Waals surface area contributed by atoms with Gasteiger partial charge in [0.05, 0.1) is 35.6 Å². The monoisotopic (exact) mass is 552 g/mol. The van der Waals surface area contributed by atoms with Crippen molar-refractivity contribution < 1.29 is 30.8 Å². The van der Waals surface area contributed by atoms with Crippen LogP contribution in [-0.4, -0.2) is 41.0 Å². The number of hydrogen-bond donors (Lipinski definition) is 1. The van der Waals surface area contributed by atoms with Crippen LogP contribution in [0.15, 0.2) is 54.7 Å². The average molecular weight is 553 g/mol. The molecule has 0 spiro atoms. The molecule has 1 atom stereocenters. The predicted octanol–water partition coefficient (Wildman–Crippen LogP) is 3.45. The standard InChI is InChI=1S/C24H24F4N6O3S/c1-15(19-5-4-6-21-20(19)13-30-32(21)2)23(35)29-12-18-11-22(24(26,27)28)31-34(18)33(3)38(36,37)14-16-7-9-17(25)10-8-16/h4-11,13,15H,12,14H2,1-3H3,(H,29,35). The minimum absolute atomic E-state index is 0.206. The molecule has 0 aliphatic carbocycles. The number of aromatic nitrogens is 4. The molecule has 38 heavy (non-hydrogen) atoms. The van der Waals surface area contributed by atoms with Gasteiger partial charge in [-0.25, -0.2) is 12.8 Å². The van der Waals surface area contributed by atoms with Crippen LogP contribution in [0.1, 0.15) is 35.4 Å². The first-order valence-electron chi connectivity index (χ1n) is 11.3. The molecule has 1 unspecified atom stereocenters. The highest BCUT2D eigenvalue weighted by Crippen LogP contribution is 2.29. The number of nitrogens with zero attached hydrogens (tertiary/aromatic N) is 5. The Morgan fingerprint density at radius 2 is 1.84 bits per heavy atom. The highest BCUT2D eigenvalue weighted by Gasteiger charge is 2.36. The lowest BCUT2D eigenvalue weighted by Crippen LogP contribution is -2.40. The SMILES string of the molecule is CC(C(=O)NCc1cc(C(F)(F)F)nn1N(C)S(=O)(=O)Cc1ccc(F)cc1)c1cccc2c1cnn2C. The van der Waals surface area contributed by atoms with E-state index in [0.29, 0.717) is 20.8 Å². The van der Waals surface area contributed by atoms with E-state index in [-0.39, 0.29) is 11.3 Å². The van der Waals surface area contributed by atoms with Gasteiger partial charge in [0, 0.05) is 19.5 Å². The van der Waals surface area contributed by atoms with Crippen LogP contribution in [-0.2, 0) is 40.3 Å². The maximum Gasteiger partial charge on any atom is 0.435 e. The lowest BCUT2D eigenvalue weighted by molar-refractivity contribution is -0.141. The van der Waals surface area contributed by atoms with Crippen LogP contribution in [0.2, 0.25) is 0 Å². The molecule has 0 fully saturated rings. The maximum absolute atomic E-state index is 13.5. The Morgan fingerprint density at radius 1 is 1.16 bits per heavy atom. The van der Waals surface area contributed by atoms with Gasteiger partial charge in [0.2, 0.25) is 5.91 Å². The van der Waals surface area contributed by atoms with Gasteiger partial charge >= 0.3 is 6.18 Å². The number of carbonyl (C=O) groups is 1. The number of amides is 1. The minimum Gasteiger partial charge on any atom is -0.350 e. The van der Waals surface area contributed by atoms with Gasteiger partial charge in [0.1, 0.15) is 5.82 Å². The summed E-state index contributed by atoms with van der Waals surface area (Å²) in [6.45, 7) is 1.22. The average Bonchev–Trinajstić information content (AvgIpc) is 3.47. The van der Waals surface area contributed by atoms with Crippen molar-refractivity contribution in [1.29, 1.82) is 0 Å². The zero-order valence-electron chi connectivity index (χ0n) is 20.6. The lowest BCUT2D eigenvalue weighted by atomic mass is 9.97. The largest absolute Gasteiger partial charge is 0.435 e. The Morgan fingerprint density at radius 3 is 2.50 bits per heavy atom. The second-order valence-corrected chi connectivity index (χ2v) is 10.7. The fraction of sp³-hybridized carbons (Fsp3) is 0.292. The van der Waals surface area contributed by atoms with Crippen LogP contribution in [0, 0.1) is 5.82 Å². The Balaban J connectivity index is 1.58. The topological polar surface area (TPSA) is 102 Å². The zero-order valence-corrected chi connectivity index (χ0v) is 21.4. The number of carbonyl (C=O) groups excluding carboxylic acids is 1. The highest BCUT2D eigenvalue weighted by atomic mass is 32.2. The first-order valence-corrected chi connectivity index (χ1v) is 12.9. The summed E-state index contributed by atoms with van der Waals surface area (Å²) in [5.41, 5.74) is 0.190. The molecule has 2 aromatic heterocycles. The number of hydrogen-bond acceptors (Lipinski definition) is 5.